The Morgan fingerprint density at radius 2 is 1.82 bits per heavy atom. The first-order valence-corrected chi connectivity index (χ1v) is 6.24. The maximum atomic E-state index is 11.1. The highest BCUT2D eigenvalue weighted by molar-refractivity contribution is 5.95. The second-order valence-corrected chi connectivity index (χ2v) is 4.66. The molecule has 1 unspecified atom stereocenters. The third-order valence-electron chi connectivity index (χ3n) is 3.58. The zero-order valence-corrected chi connectivity index (χ0v) is 10.2. The molecule has 4 nitrogen and oxygen atoms in total. The van der Waals surface area contributed by atoms with Crippen LogP contribution in [0.1, 0.15) is 45.4 Å². The smallest absolute Gasteiger partial charge is 0.332 e. The average Bonchev–Trinajstić information content (AvgIpc) is 2.29. The Hall–Kier alpha value is -1.32. The Kier molecular flexibility index (Phi) is 5.19. The maximum absolute atomic E-state index is 11.1. The van der Waals surface area contributed by atoms with Gasteiger partial charge in [-0.2, -0.15) is 0 Å². The van der Waals surface area contributed by atoms with Crippen LogP contribution in [0.2, 0.25) is 0 Å². The molecule has 1 aliphatic rings. The van der Waals surface area contributed by atoms with Crippen molar-refractivity contribution in [3.8, 4) is 0 Å². The van der Waals surface area contributed by atoms with Crippen molar-refractivity contribution in [3.05, 3.63) is 11.6 Å². The molecule has 0 aliphatic heterocycles. The van der Waals surface area contributed by atoms with Crippen molar-refractivity contribution in [1.29, 1.82) is 0 Å². The lowest BCUT2D eigenvalue weighted by Gasteiger charge is -2.29. The van der Waals surface area contributed by atoms with Gasteiger partial charge in [0.15, 0.2) is 0 Å². The van der Waals surface area contributed by atoms with Crippen molar-refractivity contribution in [3.63, 3.8) is 0 Å². The molecule has 0 aromatic heterocycles. The van der Waals surface area contributed by atoms with E-state index in [1.807, 2.05) is 6.92 Å². The van der Waals surface area contributed by atoms with E-state index < -0.39 is 11.9 Å². The monoisotopic (exact) mass is 240 g/mol. The van der Waals surface area contributed by atoms with E-state index in [-0.39, 0.29) is 11.5 Å². The van der Waals surface area contributed by atoms with Gasteiger partial charge in [0.05, 0.1) is 0 Å². The Labute approximate surface area is 101 Å². The molecule has 0 saturated heterocycles. The fraction of sp³-hybridized carbons (Fsp3) is 0.692. The topological polar surface area (TPSA) is 74.6 Å². The van der Waals surface area contributed by atoms with Crippen molar-refractivity contribution >= 4 is 11.9 Å². The Balaban J connectivity index is 2.88. The second kappa shape index (κ2) is 6.42. The summed E-state index contributed by atoms with van der Waals surface area (Å²) in [6.45, 7) is 1.93. The highest BCUT2D eigenvalue weighted by Gasteiger charge is 2.29. The SMILES string of the molecule is CCC(C(=CC(=O)O)C(=O)O)C1CCCCC1. The zero-order valence-electron chi connectivity index (χ0n) is 10.2. The molecule has 0 spiro atoms. The molecule has 1 aliphatic carbocycles. The molecule has 1 fully saturated rings. The Morgan fingerprint density at radius 1 is 1.24 bits per heavy atom. The van der Waals surface area contributed by atoms with E-state index >= 15 is 0 Å². The summed E-state index contributed by atoms with van der Waals surface area (Å²) in [5.41, 5.74) is 0.0619. The Bertz CT molecular complexity index is 313. The predicted octanol–water partition coefficient (Wildman–Crippen LogP) is 2.69. The molecule has 0 heterocycles. The van der Waals surface area contributed by atoms with E-state index in [4.69, 9.17) is 10.2 Å². The number of hydrogen-bond donors (Lipinski definition) is 2. The van der Waals surface area contributed by atoms with Crippen LogP contribution < -0.4 is 0 Å². The van der Waals surface area contributed by atoms with Gasteiger partial charge >= 0.3 is 11.9 Å². The molecule has 1 saturated carbocycles. The molecule has 4 heteroatoms. The third-order valence-corrected chi connectivity index (χ3v) is 3.58. The van der Waals surface area contributed by atoms with Crippen LogP contribution in [0, 0.1) is 11.8 Å². The van der Waals surface area contributed by atoms with Crippen LogP contribution in [0.25, 0.3) is 0 Å². The number of rotatable bonds is 5. The largest absolute Gasteiger partial charge is 0.478 e. The molecule has 2 N–H and O–H groups in total. The fourth-order valence-corrected chi connectivity index (χ4v) is 2.80. The molecule has 0 radical (unpaired) electrons. The van der Waals surface area contributed by atoms with Gasteiger partial charge in [0, 0.05) is 11.6 Å². The molecule has 0 amide bonds. The van der Waals surface area contributed by atoms with E-state index in [0.717, 1.165) is 31.8 Å². The van der Waals surface area contributed by atoms with Crippen LogP contribution in [0.4, 0.5) is 0 Å². The minimum Gasteiger partial charge on any atom is -0.478 e. The average molecular weight is 240 g/mol. The summed E-state index contributed by atoms with van der Waals surface area (Å²) in [6, 6.07) is 0. The first-order valence-electron chi connectivity index (χ1n) is 6.24. The molecule has 96 valence electrons. The van der Waals surface area contributed by atoms with Gasteiger partial charge in [0.2, 0.25) is 0 Å². The maximum Gasteiger partial charge on any atom is 0.332 e. The van der Waals surface area contributed by atoms with Gasteiger partial charge in [-0.25, -0.2) is 9.59 Å². The number of aliphatic carboxylic acids is 2. The number of carbonyl (C=O) groups is 2. The summed E-state index contributed by atoms with van der Waals surface area (Å²) in [6.07, 6.45) is 7.05. The summed E-state index contributed by atoms with van der Waals surface area (Å²) >= 11 is 0. The van der Waals surface area contributed by atoms with Crippen molar-refractivity contribution in [2.45, 2.75) is 45.4 Å². The van der Waals surface area contributed by atoms with Gasteiger partial charge in [-0.15, -0.1) is 0 Å². The standard InChI is InChI=1S/C13H20O4/c1-2-10(9-6-4-3-5-7-9)11(13(16)17)8-12(14)15/h8-10H,2-7H2,1H3,(H,14,15)(H,16,17). The van der Waals surface area contributed by atoms with E-state index in [0.29, 0.717) is 12.3 Å². The lowest BCUT2D eigenvalue weighted by atomic mass is 9.75. The molecule has 0 aromatic carbocycles. The van der Waals surface area contributed by atoms with E-state index in [9.17, 15) is 9.59 Å². The molecule has 17 heavy (non-hydrogen) atoms. The van der Waals surface area contributed by atoms with Gasteiger partial charge in [0.25, 0.3) is 0 Å². The van der Waals surface area contributed by atoms with Crippen molar-refractivity contribution in [2.24, 2.45) is 11.8 Å². The van der Waals surface area contributed by atoms with Crippen molar-refractivity contribution in [2.75, 3.05) is 0 Å². The lowest BCUT2D eigenvalue weighted by Crippen LogP contribution is -2.24. The van der Waals surface area contributed by atoms with Crippen LogP contribution in [0.15, 0.2) is 11.6 Å². The number of carboxylic acid groups (broad SMARTS) is 2. The minimum absolute atomic E-state index is 0.0619. The molecular weight excluding hydrogens is 220 g/mol. The molecule has 0 bridgehead atoms. The van der Waals surface area contributed by atoms with Crippen LogP contribution in [0.3, 0.4) is 0 Å². The molecular formula is C13H20O4. The van der Waals surface area contributed by atoms with Crippen LogP contribution in [-0.4, -0.2) is 22.2 Å². The first kappa shape index (κ1) is 13.7. The molecule has 0 aromatic rings. The third kappa shape index (κ3) is 3.88. The summed E-state index contributed by atoms with van der Waals surface area (Å²) in [4.78, 5) is 21.8. The molecule has 1 rings (SSSR count). The highest BCUT2D eigenvalue weighted by Crippen LogP contribution is 2.35. The first-order chi connectivity index (χ1) is 8.06. The number of carboxylic acids is 2. The highest BCUT2D eigenvalue weighted by atomic mass is 16.4. The molecule has 1 atom stereocenters. The van der Waals surface area contributed by atoms with Crippen molar-refractivity contribution < 1.29 is 19.8 Å². The van der Waals surface area contributed by atoms with Gasteiger partial charge in [-0.1, -0.05) is 26.2 Å². The Morgan fingerprint density at radius 3 is 2.24 bits per heavy atom. The van der Waals surface area contributed by atoms with E-state index in [1.165, 1.54) is 6.42 Å². The predicted molar refractivity (Wildman–Crippen MR) is 63.7 cm³/mol. The summed E-state index contributed by atoms with van der Waals surface area (Å²) in [5.74, 6) is -2.05. The summed E-state index contributed by atoms with van der Waals surface area (Å²) < 4.78 is 0. The van der Waals surface area contributed by atoms with Crippen molar-refractivity contribution in [1.82, 2.24) is 0 Å². The summed E-state index contributed by atoms with van der Waals surface area (Å²) in [7, 11) is 0. The normalized spacial score (nSPS) is 19.9. The van der Waals surface area contributed by atoms with Crippen LogP contribution >= 0.6 is 0 Å². The van der Waals surface area contributed by atoms with E-state index in [1.54, 1.807) is 0 Å². The minimum atomic E-state index is -1.17. The van der Waals surface area contributed by atoms with Gasteiger partial charge in [-0.3, -0.25) is 0 Å². The lowest BCUT2D eigenvalue weighted by molar-refractivity contribution is -0.135. The second-order valence-electron chi connectivity index (χ2n) is 4.66. The fourth-order valence-electron chi connectivity index (χ4n) is 2.80. The zero-order chi connectivity index (χ0) is 12.8. The van der Waals surface area contributed by atoms with Crippen LogP contribution in [-0.2, 0) is 9.59 Å². The summed E-state index contributed by atoms with van der Waals surface area (Å²) in [5, 5.41) is 17.9. The van der Waals surface area contributed by atoms with Gasteiger partial charge in [-0.05, 0) is 31.1 Å². The quantitative estimate of drug-likeness (QED) is 0.724. The van der Waals surface area contributed by atoms with Gasteiger partial charge < -0.3 is 10.2 Å². The van der Waals surface area contributed by atoms with E-state index in [2.05, 4.69) is 0 Å². The number of hydrogen-bond acceptors (Lipinski definition) is 2. The van der Waals surface area contributed by atoms with Crippen LogP contribution in [0.5, 0.6) is 0 Å². The van der Waals surface area contributed by atoms with Gasteiger partial charge in [0.1, 0.15) is 0 Å².